The van der Waals surface area contributed by atoms with E-state index in [1.807, 2.05) is 0 Å². The van der Waals surface area contributed by atoms with Gasteiger partial charge in [-0.25, -0.2) is 0 Å². The molecule has 0 aliphatic carbocycles. The number of thioether (sulfide) groups is 1. The van der Waals surface area contributed by atoms with Crippen LogP contribution in [0, 0.1) is 0 Å². The van der Waals surface area contributed by atoms with Crippen molar-refractivity contribution in [3.05, 3.63) is 29.8 Å². The quantitative estimate of drug-likeness (QED) is 0.894. The molecule has 0 bridgehead atoms. The summed E-state index contributed by atoms with van der Waals surface area (Å²) >= 11 is 1.59. The van der Waals surface area contributed by atoms with E-state index in [-0.39, 0.29) is 11.2 Å². The summed E-state index contributed by atoms with van der Waals surface area (Å²) in [6.45, 7) is 0. The van der Waals surface area contributed by atoms with E-state index in [1.54, 1.807) is 11.8 Å². The SMILES string of the molecule is O=C(Nc1ccc(C(F)(F)F)cc1)C1CCCS1. The van der Waals surface area contributed by atoms with Gasteiger partial charge in [0.1, 0.15) is 0 Å². The molecule has 1 unspecified atom stereocenters. The summed E-state index contributed by atoms with van der Waals surface area (Å²) in [5, 5.41) is 2.56. The molecule has 1 heterocycles. The molecule has 1 saturated heterocycles. The molecule has 1 aromatic rings. The topological polar surface area (TPSA) is 29.1 Å². The lowest BCUT2D eigenvalue weighted by Gasteiger charge is -2.11. The Hall–Kier alpha value is -1.17. The van der Waals surface area contributed by atoms with Gasteiger partial charge in [0.05, 0.1) is 10.8 Å². The Morgan fingerprint density at radius 2 is 1.94 bits per heavy atom. The van der Waals surface area contributed by atoms with Crippen molar-refractivity contribution in [1.29, 1.82) is 0 Å². The summed E-state index contributed by atoms with van der Waals surface area (Å²) in [4.78, 5) is 11.7. The number of halogens is 3. The smallest absolute Gasteiger partial charge is 0.325 e. The highest BCUT2D eigenvalue weighted by Gasteiger charge is 2.30. The van der Waals surface area contributed by atoms with Crippen molar-refractivity contribution in [1.82, 2.24) is 0 Å². The van der Waals surface area contributed by atoms with Gasteiger partial charge in [-0.15, -0.1) is 11.8 Å². The lowest BCUT2D eigenvalue weighted by Crippen LogP contribution is -2.22. The fraction of sp³-hybridized carbons (Fsp3) is 0.417. The van der Waals surface area contributed by atoms with Crippen molar-refractivity contribution in [2.75, 3.05) is 11.1 Å². The summed E-state index contributed by atoms with van der Waals surface area (Å²) in [5.74, 6) is 0.836. The first-order chi connectivity index (χ1) is 8.47. The van der Waals surface area contributed by atoms with Crippen LogP contribution in [-0.4, -0.2) is 16.9 Å². The van der Waals surface area contributed by atoms with Gasteiger partial charge in [-0.2, -0.15) is 13.2 Å². The van der Waals surface area contributed by atoms with Crippen molar-refractivity contribution in [3.8, 4) is 0 Å². The predicted octanol–water partition coefficient (Wildman–Crippen LogP) is 3.54. The number of hydrogen-bond donors (Lipinski definition) is 1. The molecule has 6 heteroatoms. The van der Waals surface area contributed by atoms with Crippen LogP contribution in [0.2, 0.25) is 0 Å². The number of amides is 1. The van der Waals surface area contributed by atoms with E-state index < -0.39 is 11.7 Å². The zero-order valence-electron chi connectivity index (χ0n) is 9.46. The monoisotopic (exact) mass is 275 g/mol. The molecule has 1 aromatic carbocycles. The normalized spacial score (nSPS) is 19.8. The zero-order chi connectivity index (χ0) is 13.2. The molecular weight excluding hydrogens is 263 g/mol. The van der Waals surface area contributed by atoms with Gasteiger partial charge in [-0.3, -0.25) is 4.79 Å². The fourth-order valence-corrected chi connectivity index (χ4v) is 2.91. The molecule has 2 nitrogen and oxygen atoms in total. The van der Waals surface area contributed by atoms with Crippen LogP contribution in [0.15, 0.2) is 24.3 Å². The number of nitrogens with one attached hydrogen (secondary N) is 1. The molecule has 1 aliphatic rings. The van der Waals surface area contributed by atoms with Crippen molar-refractivity contribution < 1.29 is 18.0 Å². The van der Waals surface area contributed by atoms with E-state index in [0.717, 1.165) is 30.7 Å². The van der Waals surface area contributed by atoms with E-state index in [1.165, 1.54) is 12.1 Å². The van der Waals surface area contributed by atoms with Crippen LogP contribution in [0.3, 0.4) is 0 Å². The van der Waals surface area contributed by atoms with Gasteiger partial charge in [-0.1, -0.05) is 0 Å². The van der Waals surface area contributed by atoms with Gasteiger partial charge in [0.2, 0.25) is 5.91 Å². The maximum Gasteiger partial charge on any atom is 0.416 e. The molecular formula is C12H12F3NOS. The number of carbonyl (C=O) groups is 1. The highest BCUT2D eigenvalue weighted by Crippen LogP contribution is 2.30. The maximum atomic E-state index is 12.3. The third-order valence-electron chi connectivity index (χ3n) is 2.70. The van der Waals surface area contributed by atoms with E-state index in [9.17, 15) is 18.0 Å². The molecule has 18 heavy (non-hydrogen) atoms. The minimum atomic E-state index is -4.34. The van der Waals surface area contributed by atoms with Crippen molar-refractivity contribution in [3.63, 3.8) is 0 Å². The summed E-state index contributed by atoms with van der Waals surface area (Å²) in [6, 6.07) is 4.50. The number of alkyl halides is 3. The van der Waals surface area contributed by atoms with Gasteiger partial charge in [0, 0.05) is 5.69 Å². The van der Waals surface area contributed by atoms with Crippen LogP contribution in [0.25, 0.3) is 0 Å². The lowest BCUT2D eigenvalue weighted by molar-refractivity contribution is -0.137. The second kappa shape index (κ2) is 5.22. The molecule has 0 saturated carbocycles. The van der Waals surface area contributed by atoms with E-state index in [2.05, 4.69) is 5.32 Å². The van der Waals surface area contributed by atoms with Crippen molar-refractivity contribution in [2.45, 2.75) is 24.3 Å². The van der Waals surface area contributed by atoms with Gasteiger partial charge in [0.25, 0.3) is 0 Å². The highest BCUT2D eigenvalue weighted by molar-refractivity contribution is 8.00. The Morgan fingerprint density at radius 3 is 2.44 bits per heavy atom. The van der Waals surface area contributed by atoms with Gasteiger partial charge in [-0.05, 0) is 42.9 Å². The van der Waals surface area contributed by atoms with Crippen LogP contribution in [0.1, 0.15) is 18.4 Å². The first-order valence-electron chi connectivity index (χ1n) is 5.56. The van der Waals surface area contributed by atoms with Crippen LogP contribution in [0.5, 0.6) is 0 Å². The molecule has 98 valence electrons. The molecule has 1 N–H and O–H groups in total. The van der Waals surface area contributed by atoms with Crippen molar-refractivity contribution >= 4 is 23.4 Å². The number of hydrogen-bond acceptors (Lipinski definition) is 2. The van der Waals surface area contributed by atoms with Crippen LogP contribution >= 0.6 is 11.8 Å². The largest absolute Gasteiger partial charge is 0.416 e. The van der Waals surface area contributed by atoms with Gasteiger partial charge < -0.3 is 5.32 Å². The van der Waals surface area contributed by atoms with Crippen LogP contribution in [0.4, 0.5) is 18.9 Å². The Bertz CT molecular complexity index is 424. The summed E-state index contributed by atoms with van der Waals surface area (Å²) < 4.78 is 37.0. The maximum absolute atomic E-state index is 12.3. The Morgan fingerprint density at radius 1 is 1.28 bits per heavy atom. The lowest BCUT2D eigenvalue weighted by atomic mass is 10.2. The van der Waals surface area contributed by atoms with Gasteiger partial charge >= 0.3 is 6.18 Å². The first-order valence-corrected chi connectivity index (χ1v) is 6.61. The highest BCUT2D eigenvalue weighted by atomic mass is 32.2. The molecule has 1 atom stereocenters. The predicted molar refractivity (Wildman–Crippen MR) is 65.6 cm³/mol. The molecule has 1 fully saturated rings. The molecule has 2 rings (SSSR count). The Labute approximate surface area is 107 Å². The minimum Gasteiger partial charge on any atom is -0.325 e. The third kappa shape index (κ3) is 3.19. The van der Waals surface area contributed by atoms with Crippen LogP contribution < -0.4 is 5.32 Å². The summed E-state index contributed by atoms with van der Waals surface area (Å²) in [7, 11) is 0. The molecule has 0 spiro atoms. The van der Waals surface area contributed by atoms with E-state index >= 15 is 0 Å². The molecule has 0 radical (unpaired) electrons. The second-order valence-electron chi connectivity index (χ2n) is 4.07. The number of anilines is 1. The average molecular weight is 275 g/mol. The van der Waals surface area contributed by atoms with E-state index in [0.29, 0.717) is 5.69 Å². The fourth-order valence-electron chi connectivity index (χ4n) is 1.75. The summed E-state index contributed by atoms with van der Waals surface area (Å²) in [6.07, 6.45) is -2.50. The number of benzene rings is 1. The second-order valence-corrected chi connectivity index (χ2v) is 5.38. The van der Waals surface area contributed by atoms with Crippen molar-refractivity contribution in [2.24, 2.45) is 0 Å². The zero-order valence-corrected chi connectivity index (χ0v) is 10.3. The van der Waals surface area contributed by atoms with Crippen LogP contribution in [-0.2, 0) is 11.0 Å². The molecule has 1 aliphatic heterocycles. The first kappa shape index (κ1) is 13.3. The number of carbonyl (C=O) groups excluding carboxylic acids is 1. The molecule has 0 aromatic heterocycles. The third-order valence-corrected chi connectivity index (χ3v) is 4.08. The number of rotatable bonds is 2. The molecule has 1 amide bonds. The standard InChI is InChI=1S/C12H12F3NOS/c13-12(14,15)8-3-5-9(6-4-8)16-11(17)10-2-1-7-18-10/h3-6,10H,1-2,7H2,(H,16,17). The Balaban J connectivity index is 2.00. The van der Waals surface area contributed by atoms with E-state index in [4.69, 9.17) is 0 Å². The minimum absolute atomic E-state index is 0.0766. The van der Waals surface area contributed by atoms with Gasteiger partial charge in [0.15, 0.2) is 0 Å². The average Bonchev–Trinajstić information content (AvgIpc) is 2.82. The summed E-state index contributed by atoms with van der Waals surface area (Å²) in [5.41, 5.74) is -0.309. The Kier molecular flexibility index (Phi) is 3.85.